The zero-order chi connectivity index (χ0) is 12.3. The van der Waals surface area contributed by atoms with Crippen molar-refractivity contribution in [1.29, 1.82) is 0 Å². The van der Waals surface area contributed by atoms with Gasteiger partial charge in [-0.25, -0.2) is 0 Å². The first kappa shape index (κ1) is 12.7. The minimum atomic E-state index is 0.144. The molecule has 0 heterocycles. The first-order chi connectivity index (χ1) is 7.47. The molecule has 0 aliphatic rings. The predicted octanol–water partition coefficient (Wildman–Crippen LogP) is 3.85. The molecule has 0 aliphatic heterocycles. The largest absolute Gasteiger partial charge is 0.396 e. The molecule has 0 aromatic heterocycles. The average molecular weight is 216 g/mol. The van der Waals surface area contributed by atoms with E-state index in [0.717, 1.165) is 27.8 Å². The molecule has 1 atom stereocenters. The standard InChI is InChI=1S/C15H20O/c1-10(2)13-6-7-14(12(5)9-16)15(8-13)11(3)4/h6-8,12,16H,1,3,9H2,2,4-5H3. The molecule has 0 radical (unpaired) electrons. The summed E-state index contributed by atoms with van der Waals surface area (Å²) in [5.74, 6) is 0.144. The number of hydrogen-bond donors (Lipinski definition) is 1. The first-order valence-electron chi connectivity index (χ1n) is 5.54. The lowest BCUT2D eigenvalue weighted by Gasteiger charge is -2.16. The van der Waals surface area contributed by atoms with Crippen molar-refractivity contribution in [2.45, 2.75) is 26.7 Å². The average Bonchev–Trinajstić information content (AvgIpc) is 2.26. The molecule has 1 unspecified atom stereocenters. The van der Waals surface area contributed by atoms with Crippen LogP contribution in [-0.4, -0.2) is 11.7 Å². The summed E-state index contributed by atoms with van der Waals surface area (Å²) in [6, 6.07) is 6.22. The fourth-order valence-electron chi connectivity index (χ4n) is 1.72. The lowest BCUT2D eigenvalue weighted by atomic mass is 9.90. The summed E-state index contributed by atoms with van der Waals surface area (Å²) in [4.78, 5) is 0. The van der Waals surface area contributed by atoms with Gasteiger partial charge in [0.1, 0.15) is 0 Å². The highest BCUT2D eigenvalue weighted by Crippen LogP contribution is 2.27. The van der Waals surface area contributed by atoms with Crippen molar-refractivity contribution in [3.05, 3.63) is 48.0 Å². The summed E-state index contributed by atoms with van der Waals surface area (Å²) in [7, 11) is 0. The Morgan fingerprint density at radius 2 is 1.88 bits per heavy atom. The van der Waals surface area contributed by atoms with Gasteiger partial charge in [0.2, 0.25) is 0 Å². The van der Waals surface area contributed by atoms with E-state index in [-0.39, 0.29) is 12.5 Å². The highest BCUT2D eigenvalue weighted by molar-refractivity contribution is 5.71. The summed E-state index contributed by atoms with van der Waals surface area (Å²) in [5, 5.41) is 9.23. The maximum absolute atomic E-state index is 9.23. The van der Waals surface area contributed by atoms with Crippen LogP contribution in [0.1, 0.15) is 43.4 Å². The molecule has 0 saturated heterocycles. The third kappa shape index (κ3) is 2.61. The fourth-order valence-corrected chi connectivity index (χ4v) is 1.72. The van der Waals surface area contributed by atoms with Gasteiger partial charge in [0.15, 0.2) is 0 Å². The Labute approximate surface area is 98.1 Å². The van der Waals surface area contributed by atoms with Crippen molar-refractivity contribution >= 4 is 11.1 Å². The molecule has 0 amide bonds. The molecule has 1 heteroatoms. The first-order valence-corrected chi connectivity index (χ1v) is 5.54. The number of benzene rings is 1. The van der Waals surface area contributed by atoms with Crippen molar-refractivity contribution in [1.82, 2.24) is 0 Å². The quantitative estimate of drug-likeness (QED) is 0.810. The lowest BCUT2D eigenvalue weighted by Crippen LogP contribution is -2.03. The van der Waals surface area contributed by atoms with E-state index in [4.69, 9.17) is 0 Å². The van der Waals surface area contributed by atoms with Gasteiger partial charge in [-0.1, -0.05) is 43.4 Å². The molecule has 1 N–H and O–H groups in total. The van der Waals surface area contributed by atoms with E-state index in [0.29, 0.717) is 0 Å². The molecule has 0 bridgehead atoms. The Morgan fingerprint density at radius 3 is 2.31 bits per heavy atom. The predicted molar refractivity (Wildman–Crippen MR) is 71.4 cm³/mol. The minimum absolute atomic E-state index is 0.144. The molecule has 1 rings (SSSR count). The van der Waals surface area contributed by atoms with Gasteiger partial charge in [-0.15, -0.1) is 0 Å². The van der Waals surface area contributed by atoms with Crippen LogP contribution in [0, 0.1) is 0 Å². The zero-order valence-electron chi connectivity index (χ0n) is 10.4. The van der Waals surface area contributed by atoms with E-state index < -0.39 is 0 Å². The molecule has 0 spiro atoms. The van der Waals surface area contributed by atoms with E-state index in [1.807, 2.05) is 20.8 Å². The zero-order valence-corrected chi connectivity index (χ0v) is 10.4. The second kappa shape index (κ2) is 5.13. The number of rotatable bonds is 4. The van der Waals surface area contributed by atoms with Crippen LogP contribution in [0.5, 0.6) is 0 Å². The Morgan fingerprint density at radius 1 is 1.25 bits per heavy atom. The summed E-state index contributed by atoms with van der Waals surface area (Å²) in [6.45, 7) is 14.1. The van der Waals surface area contributed by atoms with Crippen molar-refractivity contribution in [2.75, 3.05) is 6.61 Å². The molecular formula is C15H20O. The molecular weight excluding hydrogens is 196 g/mol. The lowest BCUT2D eigenvalue weighted by molar-refractivity contribution is 0.273. The Kier molecular flexibility index (Phi) is 4.08. The maximum Gasteiger partial charge on any atom is 0.0497 e. The van der Waals surface area contributed by atoms with Gasteiger partial charge < -0.3 is 5.11 Å². The van der Waals surface area contributed by atoms with Crippen LogP contribution in [0.2, 0.25) is 0 Å². The Bertz CT molecular complexity index is 415. The van der Waals surface area contributed by atoms with E-state index in [2.05, 4.69) is 31.4 Å². The monoisotopic (exact) mass is 216 g/mol. The summed E-state index contributed by atoms with van der Waals surface area (Å²) >= 11 is 0. The Hall–Kier alpha value is -1.34. The summed E-state index contributed by atoms with van der Waals surface area (Å²) < 4.78 is 0. The topological polar surface area (TPSA) is 20.2 Å². The van der Waals surface area contributed by atoms with Crippen LogP contribution >= 0.6 is 0 Å². The highest BCUT2D eigenvalue weighted by Gasteiger charge is 2.11. The molecule has 1 nitrogen and oxygen atoms in total. The van der Waals surface area contributed by atoms with Crippen molar-refractivity contribution in [3.8, 4) is 0 Å². The van der Waals surface area contributed by atoms with Gasteiger partial charge in [0.25, 0.3) is 0 Å². The normalized spacial score (nSPS) is 12.2. The van der Waals surface area contributed by atoms with Gasteiger partial charge in [-0.2, -0.15) is 0 Å². The van der Waals surface area contributed by atoms with Gasteiger partial charge in [0, 0.05) is 12.5 Å². The number of hydrogen-bond acceptors (Lipinski definition) is 1. The van der Waals surface area contributed by atoms with E-state index in [1.54, 1.807) is 0 Å². The van der Waals surface area contributed by atoms with Crippen molar-refractivity contribution in [3.63, 3.8) is 0 Å². The third-order valence-electron chi connectivity index (χ3n) is 2.81. The van der Waals surface area contributed by atoms with E-state index >= 15 is 0 Å². The van der Waals surface area contributed by atoms with Crippen LogP contribution in [-0.2, 0) is 0 Å². The van der Waals surface area contributed by atoms with Gasteiger partial charge in [0.05, 0.1) is 0 Å². The SMILES string of the molecule is C=C(C)c1ccc(C(C)CO)c(C(=C)C)c1. The minimum Gasteiger partial charge on any atom is -0.396 e. The molecule has 86 valence electrons. The molecule has 0 fully saturated rings. The van der Waals surface area contributed by atoms with Crippen LogP contribution in [0.25, 0.3) is 11.1 Å². The number of allylic oxidation sites excluding steroid dienone is 2. The van der Waals surface area contributed by atoms with E-state index in [1.165, 1.54) is 0 Å². The molecule has 0 saturated carbocycles. The fraction of sp³-hybridized carbons (Fsp3) is 0.333. The summed E-state index contributed by atoms with van der Waals surface area (Å²) in [6.07, 6.45) is 0. The molecule has 1 aromatic rings. The maximum atomic E-state index is 9.23. The van der Waals surface area contributed by atoms with Crippen molar-refractivity contribution < 1.29 is 5.11 Å². The molecule has 0 aliphatic carbocycles. The third-order valence-corrected chi connectivity index (χ3v) is 2.81. The van der Waals surface area contributed by atoms with Gasteiger partial charge >= 0.3 is 0 Å². The van der Waals surface area contributed by atoms with Gasteiger partial charge in [-0.05, 0) is 36.6 Å². The molecule has 16 heavy (non-hydrogen) atoms. The highest BCUT2D eigenvalue weighted by atomic mass is 16.3. The summed E-state index contributed by atoms with van der Waals surface area (Å²) in [5.41, 5.74) is 5.48. The second-order valence-electron chi connectivity index (χ2n) is 4.45. The number of aliphatic hydroxyl groups excluding tert-OH is 1. The smallest absolute Gasteiger partial charge is 0.0497 e. The van der Waals surface area contributed by atoms with Crippen LogP contribution in [0.3, 0.4) is 0 Å². The Balaban J connectivity index is 3.30. The van der Waals surface area contributed by atoms with Crippen LogP contribution in [0.15, 0.2) is 31.4 Å². The van der Waals surface area contributed by atoms with E-state index in [9.17, 15) is 5.11 Å². The van der Waals surface area contributed by atoms with Crippen LogP contribution < -0.4 is 0 Å². The number of aliphatic hydroxyl groups is 1. The van der Waals surface area contributed by atoms with Crippen molar-refractivity contribution in [2.24, 2.45) is 0 Å². The second-order valence-corrected chi connectivity index (χ2v) is 4.45. The van der Waals surface area contributed by atoms with Crippen LogP contribution in [0.4, 0.5) is 0 Å². The van der Waals surface area contributed by atoms with Gasteiger partial charge in [-0.3, -0.25) is 0 Å². The molecule has 1 aromatic carbocycles.